The first-order chi connectivity index (χ1) is 10.4. The smallest absolute Gasteiger partial charge is 0.497 e. The van der Waals surface area contributed by atoms with Gasteiger partial charge in [0, 0.05) is 6.42 Å². The molecule has 0 spiro atoms. The maximum atomic E-state index is 12.1. The Hall–Kier alpha value is -1.73. The average Bonchev–Trinajstić information content (AvgIpc) is 2.84. The highest BCUT2D eigenvalue weighted by Gasteiger charge is 2.56. The van der Waals surface area contributed by atoms with Crippen molar-refractivity contribution in [1.29, 1.82) is 0 Å². The largest absolute Gasteiger partial charge is 0.521 e. The molecule has 6 nitrogen and oxygen atoms in total. The Bertz CT molecular complexity index is 562. The van der Waals surface area contributed by atoms with Crippen LogP contribution >= 0.6 is 12.6 Å². The molecule has 1 aromatic carbocycles. The van der Waals surface area contributed by atoms with Crippen molar-refractivity contribution in [2.75, 3.05) is 19.4 Å². The number of likely N-dealkylation sites (tertiary alicyclic amines) is 1. The van der Waals surface area contributed by atoms with Crippen molar-refractivity contribution in [2.24, 2.45) is 0 Å². The molecule has 1 N–H and O–H groups in total. The van der Waals surface area contributed by atoms with Gasteiger partial charge >= 0.3 is 12.0 Å². The van der Waals surface area contributed by atoms with Gasteiger partial charge in [-0.2, -0.15) is 21.9 Å². The molecule has 1 saturated heterocycles. The lowest BCUT2D eigenvalue weighted by molar-refractivity contribution is -0.792. The van der Waals surface area contributed by atoms with Gasteiger partial charge in [0.05, 0.1) is 7.11 Å². The van der Waals surface area contributed by atoms with Gasteiger partial charge in [0.25, 0.3) is 0 Å². The lowest BCUT2D eigenvalue weighted by atomic mass is 10.2. The Morgan fingerprint density at radius 2 is 1.91 bits per heavy atom. The maximum Gasteiger partial charge on any atom is 0.521 e. The van der Waals surface area contributed by atoms with Gasteiger partial charge in [0.1, 0.15) is 29.8 Å². The molecule has 1 fully saturated rings. The molecule has 0 aromatic heterocycles. The average molecular weight is 326 g/mol. The number of carbonyl (C=O) groups excluding carboxylic acids is 1. The van der Waals surface area contributed by atoms with Crippen molar-refractivity contribution < 1.29 is 28.7 Å². The van der Waals surface area contributed by atoms with Crippen LogP contribution in [0.1, 0.15) is 13.3 Å². The van der Waals surface area contributed by atoms with Crippen LogP contribution in [0.25, 0.3) is 0 Å². The molecular formula is C15H20NO5S+. The van der Waals surface area contributed by atoms with Crippen molar-refractivity contribution >= 4 is 24.6 Å². The van der Waals surface area contributed by atoms with E-state index in [2.05, 4.69) is 12.6 Å². The van der Waals surface area contributed by atoms with Gasteiger partial charge in [-0.25, -0.2) is 4.79 Å². The highest BCUT2D eigenvalue weighted by molar-refractivity contribution is 7.81. The van der Waals surface area contributed by atoms with E-state index in [4.69, 9.17) is 9.47 Å². The second kappa shape index (κ2) is 6.58. The quantitative estimate of drug-likeness (QED) is 0.655. The molecule has 1 aliphatic heterocycles. The molecule has 1 aromatic rings. The minimum absolute atomic E-state index is 0.105. The number of amides is 2. The second-order valence-corrected chi connectivity index (χ2v) is 5.70. The first-order valence-electron chi connectivity index (χ1n) is 7.00. The molecular weight excluding hydrogens is 306 g/mol. The van der Waals surface area contributed by atoms with Crippen molar-refractivity contribution in [1.82, 2.24) is 0 Å². The number of benzene rings is 1. The highest BCUT2D eigenvalue weighted by atomic mass is 32.1. The zero-order valence-electron chi connectivity index (χ0n) is 12.6. The van der Waals surface area contributed by atoms with Gasteiger partial charge < -0.3 is 14.6 Å². The third-order valence-electron chi connectivity index (χ3n) is 4.13. The van der Waals surface area contributed by atoms with E-state index in [1.54, 1.807) is 38.3 Å². The number of thiol groups is 1. The van der Waals surface area contributed by atoms with Gasteiger partial charge in [-0.1, -0.05) is 0 Å². The number of hydrogen-bond donors (Lipinski definition) is 2. The summed E-state index contributed by atoms with van der Waals surface area (Å²) in [5.74, 6) is 0.824. The van der Waals surface area contributed by atoms with Crippen LogP contribution in [0.15, 0.2) is 24.3 Å². The number of carbonyl (C=O) groups is 2. The summed E-state index contributed by atoms with van der Waals surface area (Å²) in [5, 5.41) is 9.53. The Morgan fingerprint density at radius 3 is 2.41 bits per heavy atom. The number of nitrogens with zero attached hydrogens (tertiary/aromatic N) is 1. The topological polar surface area (TPSA) is 72.8 Å². The third kappa shape index (κ3) is 2.91. The zero-order chi connectivity index (χ0) is 16.3. The number of imide groups is 1. The summed E-state index contributed by atoms with van der Waals surface area (Å²) in [6, 6.07) is 6.72. The van der Waals surface area contributed by atoms with E-state index in [9.17, 15) is 14.7 Å². The van der Waals surface area contributed by atoms with Crippen LogP contribution in [0.3, 0.4) is 0 Å². The lowest BCUT2D eigenvalue weighted by Gasteiger charge is -2.28. The van der Waals surface area contributed by atoms with E-state index in [-0.39, 0.29) is 24.4 Å². The summed E-state index contributed by atoms with van der Waals surface area (Å²) < 4.78 is 10.3. The van der Waals surface area contributed by atoms with Crippen molar-refractivity contribution in [3.8, 4) is 11.5 Å². The number of rotatable bonds is 4. The molecule has 2 amide bonds. The molecule has 1 aliphatic rings. The van der Waals surface area contributed by atoms with Crippen LogP contribution in [0.2, 0.25) is 0 Å². The van der Waals surface area contributed by atoms with Crippen molar-refractivity contribution in [3.63, 3.8) is 0 Å². The van der Waals surface area contributed by atoms with Crippen LogP contribution in [-0.2, 0) is 4.79 Å². The van der Waals surface area contributed by atoms with Crippen LogP contribution in [0, 0.1) is 0 Å². The fraction of sp³-hybridized carbons (Fsp3) is 0.467. The van der Waals surface area contributed by atoms with E-state index in [1.165, 1.54) is 0 Å². The Morgan fingerprint density at radius 1 is 1.32 bits per heavy atom. The van der Waals surface area contributed by atoms with Gasteiger partial charge in [-0.3, -0.25) is 0 Å². The number of methoxy groups -OCH3 is 1. The molecule has 7 heteroatoms. The predicted molar refractivity (Wildman–Crippen MR) is 83.5 cm³/mol. The van der Waals surface area contributed by atoms with Gasteiger partial charge in [-0.05, 0) is 31.2 Å². The minimum atomic E-state index is -1.15. The fourth-order valence-corrected chi connectivity index (χ4v) is 3.17. The minimum Gasteiger partial charge on any atom is -0.497 e. The standard InChI is InChI=1S/C15H19NO5S/c1-10-7-13(8-16(10,15(18)19)14(17)9-22)21-12-5-3-11(20-2)4-6-12/h3-6,10,13H,7-9H2,1-2H3,(H-,18,19,22)/p+1/t10-,13-,16-/m1/s1. The Kier molecular flexibility index (Phi) is 4.97. The molecule has 0 aliphatic carbocycles. The van der Waals surface area contributed by atoms with E-state index >= 15 is 0 Å². The van der Waals surface area contributed by atoms with Gasteiger partial charge in [0.2, 0.25) is 0 Å². The molecule has 0 bridgehead atoms. The van der Waals surface area contributed by atoms with E-state index in [0.29, 0.717) is 17.9 Å². The maximum absolute atomic E-state index is 12.1. The summed E-state index contributed by atoms with van der Waals surface area (Å²) in [4.78, 5) is 23.8. The van der Waals surface area contributed by atoms with Crippen molar-refractivity contribution in [3.05, 3.63) is 24.3 Å². The summed E-state index contributed by atoms with van der Waals surface area (Å²) in [7, 11) is 1.58. The molecule has 22 heavy (non-hydrogen) atoms. The van der Waals surface area contributed by atoms with Crippen LogP contribution in [0.4, 0.5) is 4.79 Å². The molecule has 3 atom stereocenters. The second-order valence-electron chi connectivity index (χ2n) is 5.39. The van der Waals surface area contributed by atoms with E-state index in [1.807, 2.05) is 0 Å². The first-order valence-corrected chi connectivity index (χ1v) is 7.63. The summed E-state index contributed by atoms with van der Waals surface area (Å²) in [6.07, 6.45) is -0.978. The monoisotopic (exact) mass is 326 g/mol. The van der Waals surface area contributed by atoms with E-state index < -0.39 is 16.5 Å². The van der Waals surface area contributed by atoms with Crippen LogP contribution in [0.5, 0.6) is 11.5 Å². The molecule has 0 saturated carbocycles. The Labute approximate surface area is 134 Å². The highest BCUT2D eigenvalue weighted by Crippen LogP contribution is 2.31. The number of carboxylic acid groups (broad SMARTS) is 1. The van der Waals surface area contributed by atoms with Crippen LogP contribution < -0.4 is 9.47 Å². The summed E-state index contributed by atoms with van der Waals surface area (Å²) in [5.41, 5.74) is 0. The van der Waals surface area contributed by atoms with Gasteiger partial charge in [-0.15, -0.1) is 0 Å². The molecule has 1 heterocycles. The van der Waals surface area contributed by atoms with Crippen LogP contribution in [-0.4, -0.2) is 53.1 Å². The first kappa shape index (κ1) is 16.6. The van der Waals surface area contributed by atoms with E-state index in [0.717, 1.165) is 0 Å². The normalized spacial score (nSPS) is 27.4. The number of hydrogen-bond acceptors (Lipinski definition) is 5. The number of ether oxygens (including phenoxy) is 2. The predicted octanol–water partition coefficient (Wildman–Crippen LogP) is 2.19. The molecule has 0 unspecified atom stereocenters. The lowest BCUT2D eigenvalue weighted by Crippen LogP contribution is -2.59. The summed E-state index contributed by atoms with van der Waals surface area (Å²) >= 11 is 3.95. The van der Waals surface area contributed by atoms with Crippen molar-refractivity contribution in [2.45, 2.75) is 25.5 Å². The fourth-order valence-electron chi connectivity index (χ4n) is 2.92. The number of quaternary nitrogens is 1. The SMILES string of the molecule is COc1ccc(O[C@@H]2C[C@@H](C)[N@@+](C(=O)O)(C(=O)CS)C2)cc1. The third-order valence-corrected chi connectivity index (χ3v) is 4.40. The molecule has 2 rings (SSSR count). The Balaban J connectivity index is 2.15. The zero-order valence-corrected chi connectivity index (χ0v) is 13.5. The summed E-state index contributed by atoms with van der Waals surface area (Å²) in [6.45, 7) is 1.87. The molecule has 0 radical (unpaired) electrons. The van der Waals surface area contributed by atoms with Gasteiger partial charge in [0.15, 0.2) is 6.10 Å². The molecule has 120 valence electrons.